The quantitative estimate of drug-likeness (QED) is 0.746. The van der Waals surface area contributed by atoms with Gasteiger partial charge in [-0.05, 0) is 36.8 Å². The lowest BCUT2D eigenvalue weighted by Gasteiger charge is -2.08. The topological polar surface area (TPSA) is 67.6 Å². The Balaban J connectivity index is 2.32. The van der Waals surface area contributed by atoms with Gasteiger partial charge in [-0.2, -0.15) is 5.26 Å². The second-order valence-electron chi connectivity index (χ2n) is 4.67. The van der Waals surface area contributed by atoms with Crippen LogP contribution in [0.5, 0.6) is 0 Å². The van der Waals surface area contributed by atoms with Crippen LogP contribution in [-0.2, 0) is 0 Å². The molecule has 2 N–H and O–H groups in total. The van der Waals surface area contributed by atoms with E-state index in [0.29, 0.717) is 16.6 Å². The number of benzene rings is 2. The molecule has 3 rings (SSSR count). The lowest BCUT2D eigenvalue weighted by Crippen LogP contribution is -2.03. The van der Waals surface area contributed by atoms with Gasteiger partial charge >= 0.3 is 0 Å². The third-order valence-corrected chi connectivity index (χ3v) is 3.28. The van der Waals surface area contributed by atoms with Gasteiger partial charge in [0.25, 0.3) is 0 Å². The van der Waals surface area contributed by atoms with Crippen LogP contribution in [0.3, 0.4) is 0 Å². The molecule has 0 aliphatic heterocycles. The van der Waals surface area contributed by atoms with Crippen molar-refractivity contribution in [1.29, 1.82) is 5.26 Å². The SMILES string of the molecule is Cc1cc2c(cc1F)nc(N)n2-c1ccc(C#N)cc1F. The summed E-state index contributed by atoms with van der Waals surface area (Å²) in [6.07, 6.45) is 0. The zero-order chi connectivity index (χ0) is 15.1. The molecule has 0 amide bonds. The standard InChI is InChI=1S/C15H10F2N4/c1-8-4-14-12(6-10(8)16)20-15(19)21(14)13-3-2-9(7-18)5-11(13)17/h2-6H,1H3,(H2,19,20). The zero-order valence-corrected chi connectivity index (χ0v) is 11.1. The van der Waals surface area contributed by atoms with Crippen molar-refractivity contribution in [3.8, 4) is 11.8 Å². The number of hydrogen-bond acceptors (Lipinski definition) is 3. The van der Waals surface area contributed by atoms with E-state index in [4.69, 9.17) is 11.0 Å². The fourth-order valence-corrected chi connectivity index (χ4v) is 2.23. The number of aromatic nitrogens is 2. The van der Waals surface area contributed by atoms with Gasteiger partial charge in [-0.25, -0.2) is 13.8 Å². The molecule has 104 valence electrons. The highest BCUT2D eigenvalue weighted by atomic mass is 19.1. The number of imidazole rings is 1. The second kappa shape index (κ2) is 4.56. The number of fused-ring (bicyclic) bond motifs is 1. The molecular formula is C15H10F2N4. The number of nitrogens with two attached hydrogens (primary N) is 1. The van der Waals surface area contributed by atoms with Gasteiger partial charge in [0.2, 0.25) is 5.95 Å². The zero-order valence-electron chi connectivity index (χ0n) is 11.1. The van der Waals surface area contributed by atoms with Gasteiger partial charge in [0, 0.05) is 6.07 Å². The molecule has 1 aromatic heterocycles. The van der Waals surface area contributed by atoms with E-state index in [0.717, 1.165) is 6.07 Å². The first kappa shape index (κ1) is 13.1. The fraction of sp³-hybridized carbons (Fsp3) is 0.0667. The summed E-state index contributed by atoms with van der Waals surface area (Å²) in [5, 5.41) is 8.77. The van der Waals surface area contributed by atoms with Crippen LogP contribution in [0.2, 0.25) is 0 Å². The molecule has 6 heteroatoms. The molecule has 0 saturated carbocycles. The number of hydrogen-bond donors (Lipinski definition) is 1. The molecule has 1 heterocycles. The number of halogens is 2. The molecule has 21 heavy (non-hydrogen) atoms. The lowest BCUT2D eigenvalue weighted by atomic mass is 10.2. The van der Waals surface area contributed by atoms with Crippen molar-refractivity contribution < 1.29 is 8.78 Å². The van der Waals surface area contributed by atoms with Crippen molar-refractivity contribution in [3.05, 3.63) is 53.1 Å². The molecule has 2 aromatic carbocycles. The van der Waals surface area contributed by atoms with Gasteiger partial charge in [0.1, 0.15) is 11.6 Å². The number of anilines is 1. The summed E-state index contributed by atoms with van der Waals surface area (Å²) < 4.78 is 29.1. The summed E-state index contributed by atoms with van der Waals surface area (Å²) >= 11 is 0. The second-order valence-corrected chi connectivity index (χ2v) is 4.67. The fourth-order valence-electron chi connectivity index (χ4n) is 2.23. The lowest BCUT2D eigenvalue weighted by molar-refractivity contribution is 0.618. The molecule has 0 aliphatic rings. The van der Waals surface area contributed by atoms with E-state index in [2.05, 4.69) is 4.98 Å². The minimum absolute atomic E-state index is 0.0543. The maximum absolute atomic E-state index is 14.2. The Bertz CT molecular complexity index is 906. The minimum Gasteiger partial charge on any atom is -0.369 e. The summed E-state index contributed by atoms with van der Waals surface area (Å²) in [6.45, 7) is 1.61. The van der Waals surface area contributed by atoms with Crippen LogP contribution in [0.15, 0.2) is 30.3 Å². The van der Waals surface area contributed by atoms with Crippen LogP contribution >= 0.6 is 0 Å². The van der Waals surface area contributed by atoms with Crippen molar-refractivity contribution in [1.82, 2.24) is 9.55 Å². The number of rotatable bonds is 1. The molecule has 3 aromatic rings. The molecule has 0 saturated heterocycles. The first-order chi connectivity index (χ1) is 10.0. The van der Waals surface area contributed by atoms with E-state index >= 15 is 0 Å². The Morgan fingerprint density at radius 1 is 1.19 bits per heavy atom. The summed E-state index contributed by atoms with van der Waals surface area (Å²) in [5.74, 6) is -0.937. The number of aryl methyl sites for hydroxylation is 1. The van der Waals surface area contributed by atoms with Gasteiger partial charge in [-0.15, -0.1) is 0 Å². The van der Waals surface area contributed by atoms with Gasteiger partial charge in [-0.3, -0.25) is 4.57 Å². The summed E-state index contributed by atoms with van der Waals surface area (Å²) in [5.41, 5.74) is 7.47. The third-order valence-electron chi connectivity index (χ3n) is 3.28. The Morgan fingerprint density at radius 2 is 1.95 bits per heavy atom. The number of nitrogens with zero attached hydrogens (tertiary/aromatic N) is 3. The van der Waals surface area contributed by atoms with Crippen molar-refractivity contribution in [2.24, 2.45) is 0 Å². The van der Waals surface area contributed by atoms with Gasteiger partial charge in [0.15, 0.2) is 0 Å². The first-order valence-electron chi connectivity index (χ1n) is 6.15. The maximum Gasteiger partial charge on any atom is 0.206 e. The van der Waals surface area contributed by atoms with Gasteiger partial charge < -0.3 is 5.73 Å². The smallest absolute Gasteiger partial charge is 0.206 e. The van der Waals surface area contributed by atoms with Crippen LogP contribution in [0.25, 0.3) is 16.7 Å². The molecule has 0 aliphatic carbocycles. The molecule has 4 nitrogen and oxygen atoms in total. The average Bonchev–Trinajstić information content (AvgIpc) is 2.75. The Morgan fingerprint density at radius 3 is 2.62 bits per heavy atom. The summed E-state index contributed by atoms with van der Waals surface area (Å²) in [4.78, 5) is 4.04. The van der Waals surface area contributed by atoms with Crippen LogP contribution in [0, 0.1) is 29.9 Å². The third kappa shape index (κ3) is 1.99. The highest BCUT2D eigenvalue weighted by molar-refractivity contribution is 5.81. The molecule has 0 spiro atoms. The van der Waals surface area contributed by atoms with Gasteiger partial charge in [0.05, 0.1) is 28.4 Å². The summed E-state index contributed by atoms with van der Waals surface area (Å²) in [6, 6.07) is 8.74. The largest absolute Gasteiger partial charge is 0.369 e. The normalized spacial score (nSPS) is 10.8. The Kier molecular flexibility index (Phi) is 2.84. The van der Waals surface area contributed by atoms with Crippen molar-refractivity contribution in [2.45, 2.75) is 6.92 Å². The van der Waals surface area contributed by atoms with E-state index in [1.807, 2.05) is 6.07 Å². The molecule has 0 fully saturated rings. The summed E-state index contributed by atoms with van der Waals surface area (Å²) in [7, 11) is 0. The van der Waals surface area contributed by atoms with E-state index in [9.17, 15) is 8.78 Å². The van der Waals surface area contributed by atoms with Crippen molar-refractivity contribution in [3.63, 3.8) is 0 Å². The monoisotopic (exact) mass is 284 g/mol. The van der Waals surface area contributed by atoms with Crippen LogP contribution in [-0.4, -0.2) is 9.55 Å². The van der Waals surface area contributed by atoms with E-state index in [1.54, 1.807) is 13.0 Å². The highest BCUT2D eigenvalue weighted by Gasteiger charge is 2.15. The predicted molar refractivity (Wildman–Crippen MR) is 74.9 cm³/mol. The molecular weight excluding hydrogens is 274 g/mol. The Hall–Kier alpha value is -2.94. The van der Waals surface area contributed by atoms with E-state index in [-0.39, 0.29) is 17.2 Å². The average molecular weight is 284 g/mol. The van der Waals surface area contributed by atoms with Crippen molar-refractivity contribution >= 4 is 17.0 Å². The molecule has 0 bridgehead atoms. The van der Waals surface area contributed by atoms with Crippen LogP contribution in [0.4, 0.5) is 14.7 Å². The van der Waals surface area contributed by atoms with Gasteiger partial charge in [-0.1, -0.05) is 0 Å². The maximum atomic E-state index is 14.2. The highest BCUT2D eigenvalue weighted by Crippen LogP contribution is 2.27. The van der Waals surface area contributed by atoms with Crippen LogP contribution in [0.1, 0.15) is 11.1 Å². The molecule has 0 atom stereocenters. The van der Waals surface area contributed by atoms with Crippen molar-refractivity contribution in [2.75, 3.05) is 5.73 Å². The van der Waals surface area contributed by atoms with E-state index in [1.165, 1.54) is 22.8 Å². The first-order valence-corrected chi connectivity index (χ1v) is 6.15. The predicted octanol–water partition coefficient (Wildman–Crippen LogP) is 3.07. The van der Waals surface area contributed by atoms with Crippen LogP contribution < -0.4 is 5.73 Å². The number of nitrogen functional groups attached to an aromatic ring is 1. The minimum atomic E-state index is -0.595. The Labute approximate surface area is 119 Å². The molecule has 0 unspecified atom stereocenters. The van der Waals surface area contributed by atoms with E-state index < -0.39 is 11.6 Å². The number of nitriles is 1. The molecule has 0 radical (unpaired) electrons.